The minimum Gasteiger partial charge on any atom is -0.726 e. The molecule has 0 aromatic rings. The van der Waals surface area contributed by atoms with Gasteiger partial charge >= 0.3 is 213 Å². The molecule has 7 aliphatic rings. The normalized spacial score (nSPS) is 34.8. The molecule has 0 spiro atoms. The van der Waals surface area contributed by atoms with Gasteiger partial charge in [-0.2, -0.15) is 0 Å². The summed E-state index contributed by atoms with van der Waals surface area (Å²) in [6.07, 6.45) is -8.67. The Kier molecular flexibility index (Phi) is 45.1. The van der Waals surface area contributed by atoms with Gasteiger partial charge in [0.25, 0.3) is 0 Å². The van der Waals surface area contributed by atoms with E-state index in [9.17, 15) is 89.4 Å². The fourth-order valence-corrected chi connectivity index (χ4v) is 19.9. The average molecular weight is 1630 g/mol. The largest absolute Gasteiger partial charge is 1.00 e. The molecule has 0 aromatic heterocycles. The van der Waals surface area contributed by atoms with Gasteiger partial charge in [-0.1, -0.05) is 150 Å². The number of carbonyl (C=O) groups is 4. The van der Waals surface area contributed by atoms with Gasteiger partial charge in [0.05, 0.1) is 30.1 Å². The van der Waals surface area contributed by atoms with Crippen molar-refractivity contribution in [1.82, 2.24) is 0 Å². The topological polar surface area (TPSA) is 493 Å². The first kappa shape index (κ1) is 107. The van der Waals surface area contributed by atoms with Crippen LogP contribution in [0, 0.1) is 50.2 Å². The van der Waals surface area contributed by atoms with Crippen LogP contribution in [0.3, 0.4) is 0 Å². The number of unbranched alkanes of at least 4 members (excludes halogenated alkanes) is 15. The van der Waals surface area contributed by atoms with Crippen molar-refractivity contribution >= 4 is 75.7 Å². The molecule has 19 atom stereocenters. The van der Waals surface area contributed by atoms with Gasteiger partial charge in [-0.3, -0.25) is 30.5 Å². The zero-order chi connectivity index (χ0) is 71.6. The second-order valence-electron chi connectivity index (χ2n) is 29.1. The third-order valence-corrected chi connectivity index (χ3v) is 24.7. The van der Waals surface area contributed by atoms with Crippen LogP contribution in [0.2, 0.25) is 0 Å². The molecule has 6 fully saturated rings. The molecule has 554 valence electrons. The van der Waals surface area contributed by atoms with E-state index in [-0.39, 0.29) is 243 Å². The minimum atomic E-state index is -6.46. The van der Waals surface area contributed by atoms with Crippen molar-refractivity contribution in [2.24, 2.45) is 50.2 Å². The molecule has 0 radical (unpaired) electrons. The van der Waals surface area contributed by atoms with E-state index in [1.807, 2.05) is 13.8 Å². The molecule has 0 amide bonds. The summed E-state index contributed by atoms with van der Waals surface area (Å²) in [7, 11) is -32.0. The van der Waals surface area contributed by atoms with Gasteiger partial charge in [-0.25, -0.2) is 42.1 Å². The van der Waals surface area contributed by atoms with Crippen molar-refractivity contribution in [2.75, 3.05) is 6.61 Å². The van der Waals surface area contributed by atoms with E-state index in [0.29, 0.717) is 38.7 Å². The number of allylic oxidation sites excluding steroid dienone is 2. The molecule has 0 unspecified atom stereocenters. The number of carboxylic acid groups (broad SMARTS) is 2. The molecule has 103 heavy (non-hydrogen) atoms. The third kappa shape index (κ3) is 27.6. The summed E-state index contributed by atoms with van der Waals surface area (Å²) in [4.78, 5) is 55.0. The maximum Gasteiger partial charge on any atom is 1.00 e. The zero-order valence-electron chi connectivity index (χ0n) is 62.2. The van der Waals surface area contributed by atoms with Crippen molar-refractivity contribution in [3.8, 4) is 0 Å². The molecule has 5 aliphatic carbocycles. The molecule has 31 nitrogen and oxygen atoms in total. The van der Waals surface area contributed by atoms with E-state index in [1.54, 1.807) is 19.9 Å². The summed E-state index contributed by atoms with van der Waals surface area (Å²) in [6, 6.07) is 0. The van der Waals surface area contributed by atoms with Crippen LogP contribution < -0.4 is 217 Å². The van der Waals surface area contributed by atoms with Gasteiger partial charge in [-0.05, 0) is 116 Å². The van der Waals surface area contributed by atoms with E-state index in [4.69, 9.17) is 23.7 Å². The number of aliphatic carboxylic acids is 2. The Morgan fingerprint density at radius 1 is 0.485 bits per heavy atom. The number of carboxylic acids is 2. The van der Waals surface area contributed by atoms with Crippen molar-refractivity contribution in [3.63, 3.8) is 0 Å². The summed E-state index contributed by atoms with van der Waals surface area (Å²) in [5.41, 5.74) is -3.62. The van der Waals surface area contributed by atoms with Gasteiger partial charge in [-0.15, -0.1) is 0 Å². The molecule has 2 heterocycles. The molecule has 7 rings (SSSR count). The van der Waals surface area contributed by atoms with Gasteiger partial charge in [0.15, 0.2) is 24.5 Å². The van der Waals surface area contributed by atoms with Gasteiger partial charge in [0.1, 0.15) is 42.7 Å². The van der Waals surface area contributed by atoms with Gasteiger partial charge in [0, 0.05) is 5.92 Å². The molecule has 0 bridgehead atoms. The zero-order valence-corrected chi connectivity index (χ0v) is 80.3. The fourth-order valence-electron chi connectivity index (χ4n) is 17.5. The number of hydrogen-bond acceptors (Lipinski definition) is 31. The number of esters is 1. The van der Waals surface area contributed by atoms with E-state index in [2.05, 4.69) is 48.6 Å². The Morgan fingerprint density at radius 3 is 1.30 bits per heavy atom. The number of ketones is 1. The predicted molar refractivity (Wildman–Crippen MR) is 320 cm³/mol. The maximum absolute atomic E-state index is 15.4. The van der Waals surface area contributed by atoms with Crippen LogP contribution in [-0.4, -0.2) is 163 Å². The van der Waals surface area contributed by atoms with E-state index < -0.39 is 170 Å². The molecule has 0 aromatic carbocycles. The number of carbonyl (C=O) groups excluding carboxylic acids is 4. The molecule has 2 aliphatic heterocycles. The molecular weight excluding hydrogens is 1540 g/mol. The summed E-state index contributed by atoms with van der Waals surface area (Å²) >= 11 is 0. The van der Waals surface area contributed by atoms with E-state index in [0.717, 1.165) is 44.1 Å². The van der Waals surface area contributed by atoms with Crippen molar-refractivity contribution < 1.29 is 346 Å². The Labute approximate surface area is 762 Å². The smallest absolute Gasteiger partial charge is 0.726 e. The molecule has 43 heteroatoms. The summed E-state index contributed by atoms with van der Waals surface area (Å²) < 4.78 is 233. The molecule has 0 N–H and O–H groups in total. The minimum absolute atomic E-state index is 0. The van der Waals surface area contributed by atoms with Crippen LogP contribution in [0.25, 0.3) is 0 Å². The summed E-state index contributed by atoms with van der Waals surface area (Å²) in [6.45, 7) is 16.3. The Balaban J connectivity index is 0.0000149. The number of fused-ring (bicyclic) bond motifs is 7. The first-order valence-corrected chi connectivity index (χ1v) is 39.6. The SMILES string of the molecule is CCCCCCCCCCCCCCCCCCOC(=O)[C@@]1(C)CC[C@]2(C)CC[C@]3(C)C(=CC(=O)[C@@H]4[C@@]5(C)CC[C@H](O[C@@H]6O[C@H](C(=O)[O-])[C@@H](OS(=O)(=O)[O-])[C@H](OS(=O)(=O)[O-])[C@H]6O[C@@H]6O[C@H](C(=O)[O-])[C@@H](OS(=O)(=O)[O-])[C@H](OS(=O)(=O)[O-])[C@H]6OS(=O)(=O)[O-])C(C)(C)[C@@H]5CC[C@]43C)[C@@H]2C1.[Na+].[Na+].[Na+].[Na+].[Na+].[Na+].[Na+]. The average Bonchev–Trinajstić information content (AvgIpc) is 0.674. The Bertz CT molecular complexity index is 3440. The van der Waals surface area contributed by atoms with Crippen molar-refractivity contribution in [1.29, 1.82) is 0 Å². The first-order valence-electron chi connectivity index (χ1n) is 32.9. The third-order valence-electron chi connectivity index (χ3n) is 22.4. The maximum atomic E-state index is 15.4. The van der Waals surface area contributed by atoms with Crippen LogP contribution in [0.5, 0.6) is 0 Å². The number of hydrogen-bond donors (Lipinski definition) is 0. The molecular formula is C60H91Na7O31S5. The van der Waals surface area contributed by atoms with E-state index >= 15 is 4.79 Å². The van der Waals surface area contributed by atoms with Crippen LogP contribution in [0.15, 0.2) is 11.6 Å². The van der Waals surface area contributed by atoms with Crippen LogP contribution >= 0.6 is 0 Å². The standard InChI is InChI=1S/C60H98O31S5.7Na/c1-9-10-11-12-13-14-15-16-17-18-19-20-21-22-23-24-33-82-54(66)57(5)30-29-56(4)31-32-59(7)36(37(56)35-57)34-38(61)49-58(6)27-26-40(55(2,3)39(58)25-28-60(49,59)8)83-52-47(43(89-94(73,74)75)41(87-92(67,68)69)45(84-52)50(62)63)86-53-48(91-96(79,80)81)44(90-95(76,77)78)42(88-93(70,71)72)46(85-53)51(64)65;;;;;;;/h34,37,39-49,52-53H,9-33,35H2,1-8H3,(H,62,63)(H,64,65)(H,67,68,69)(H,70,71,72)(H,73,74,75)(H,76,77,78)(H,79,80,81);;;;;;;/q;7*+1/p-7/t37-,39-,40-,41-,42-,43-,44-,45-,46-,47+,48+,49+,52+,53-,56+,57-,58-,59+,60+;;;;;;;/m0......./s1. The first-order chi connectivity index (χ1) is 44.2. The number of ether oxygens (including phenoxy) is 5. The monoisotopic (exact) mass is 1630 g/mol. The summed E-state index contributed by atoms with van der Waals surface area (Å²) in [5.74, 6) is -7.15. The van der Waals surface area contributed by atoms with Crippen LogP contribution in [-0.2, 0) is 116 Å². The quantitative estimate of drug-likeness (QED) is 0.0144. The van der Waals surface area contributed by atoms with Gasteiger partial charge in [0.2, 0.25) is 52.0 Å². The van der Waals surface area contributed by atoms with Crippen LogP contribution in [0.4, 0.5) is 0 Å². The predicted octanol–water partition coefficient (Wildman–Crippen LogP) is -17.3. The summed E-state index contributed by atoms with van der Waals surface area (Å²) in [5, 5.41) is 25.4. The fraction of sp³-hybridized carbons (Fsp3) is 0.900. The van der Waals surface area contributed by atoms with Crippen molar-refractivity contribution in [3.05, 3.63) is 11.6 Å². The van der Waals surface area contributed by atoms with Crippen LogP contribution in [0.1, 0.15) is 216 Å². The Hall–Kier alpha value is 4.01. The van der Waals surface area contributed by atoms with Gasteiger partial charge < -0.3 is 66.3 Å². The second kappa shape index (κ2) is 43.5. The second-order valence-corrected chi connectivity index (χ2v) is 34.2. The molecule has 2 saturated heterocycles. The van der Waals surface area contributed by atoms with E-state index in [1.165, 1.54) is 77.0 Å². The molecule has 4 saturated carbocycles. The Morgan fingerprint density at radius 2 is 0.874 bits per heavy atom. The number of rotatable bonds is 34. The van der Waals surface area contributed by atoms with Crippen molar-refractivity contribution in [2.45, 2.75) is 283 Å².